The van der Waals surface area contributed by atoms with E-state index in [1.165, 1.54) is 14.2 Å². The van der Waals surface area contributed by atoms with Crippen LogP contribution >= 0.6 is 0 Å². The molecule has 57 heavy (non-hydrogen) atoms. The third-order valence-corrected chi connectivity index (χ3v) is 10.6. The Morgan fingerprint density at radius 3 is 2.11 bits per heavy atom. The van der Waals surface area contributed by atoms with Gasteiger partial charge in [-0.3, -0.25) is 9.59 Å². The predicted octanol–water partition coefficient (Wildman–Crippen LogP) is 6.16. The number of carbonyl (C=O) groups is 4. The summed E-state index contributed by atoms with van der Waals surface area (Å²) in [4.78, 5) is 71.3. The van der Waals surface area contributed by atoms with E-state index in [1.54, 1.807) is 23.2 Å². The summed E-state index contributed by atoms with van der Waals surface area (Å²) in [6.07, 6.45) is 3.51. The lowest BCUT2D eigenvalue weighted by atomic mass is 10.0. The largest absolute Gasteiger partial charge is 0.453 e. The number of amides is 4. The molecular formula is C43H46N8O6. The first-order valence-corrected chi connectivity index (χ1v) is 19.2. The van der Waals surface area contributed by atoms with Crippen LogP contribution in [0.3, 0.4) is 0 Å². The Balaban J connectivity index is 1.02. The molecule has 5 aromatic rings. The first kappa shape index (κ1) is 38.6. The van der Waals surface area contributed by atoms with E-state index in [0.717, 1.165) is 59.2 Å². The molecule has 4 atom stereocenters. The van der Waals surface area contributed by atoms with Crippen LogP contribution in [0.2, 0.25) is 0 Å². The molecule has 4 heterocycles. The predicted molar refractivity (Wildman–Crippen MR) is 212 cm³/mol. The topological polar surface area (TPSA) is 175 Å². The molecule has 7 rings (SSSR count). The number of carbonyl (C=O) groups excluding carboxylic acids is 4. The fraction of sp³-hybridized carbons (Fsp3) is 0.349. The molecule has 0 saturated carbocycles. The number of imidazole rings is 2. The molecule has 0 unspecified atom stereocenters. The van der Waals surface area contributed by atoms with Crippen LogP contribution in [0.1, 0.15) is 86.1 Å². The number of ether oxygens (including phenoxy) is 2. The summed E-state index contributed by atoms with van der Waals surface area (Å²) in [5, 5.41) is 5.39. The average molecular weight is 771 g/mol. The van der Waals surface area contributed by atoms with Crippen molar-refractivity contribution in [2.75, 3.05) is 27.3 Å². The number of aromatic nitrogens is 4. The molecule has 0 radical (unpaired) electrons. The van der Waals surface area contributed by atoms with Gasteiger partial charge in [-0.05, 0) is 78.5 Å². The van der Waals surface area contributed by atoms with Gasteiger partial charge in [0.25, 0.3) is 5.91 Å². The summed E-state index contributed by atoms with van der Waals surface area (Å²) in [6.45, 7) is 4.92. The smallest absolute Gasteiger partial charge is 0.407 e. The minimum atomic E-state index is -0.891. The van der Waals surface area contributed by atoms with Crippen molar-refractivity contribution in [2.24, 2.45) is 5.92 Å². The quantitative estimate of drug-likeness (QED) is 0.129. The number of H-pyrrole nitrogens is 2. The van der Waals surface area contributed by atoms with E-state index in [1.807, 2.05) is 73.3 Å². The standard InChI is InChI=1S/C43H46N8O6/c1-26(2)36(48-42(54)56-3)40(52)51-23-9-13-35(51)39-46-32-21-19-30(24-33(32)47-39)28-17-14-27(15-18-28)16-20-31-25-44-38(45-31)34-12-8-22-50(34)41(53)37(49-43(55)57-4)29-10-6-5-7-11-29/h5-7,10-11,14-15,17-19,21,24-26,34-37H,8-9,12-13,22-23H2,1-4H3,(H,44,45)(H,46,47)(H,48,54)(H,49,55)/t34-,35-,36-,37+/m0/s1. The second-order valence-corrected chi connectivity index (χ2v) is 14.6. The van der Waals surface area contributed by atoms with Gasteiger partial charge in [0, 0.05) is 18.7 Å². The molecule has 4 amide bonds. The van der Waals surface area contributed by atoms with Crippen molar-refractivity contribution in [2.45, 2.75) is 63.7 Å². The Bertz CT molecular complexity index is 2310. The van der Waals surface area contributed by atoms with Crippen LogP contribution in [-0.4, -0.2) is 87.1 Å². The SMILES string of the molecule is COC(=O)N[C@H](C(=O)N1CCC[C@H]1c1nc2ccc(-c3ccc(C#Cc4cnc([C@@H]5CCCN5C(=O)[C@H](NC(=O)OC)c5ccccc5)[nH]4)cc3)cc2[nH]1)C(C)C. The molecule has 0 spiro atoms. The number of rotatable bonds is 9. The summed E-state index contributed by atoms with van der Waals surface area (Å²) < 4.78 is 9.57. The van der Waals surface area contributed by atoms with Gasteiger partial charge in [-0.15, -0.1) is 0 Å². The second kappa shape index (κ2) is 17.0. The van der Waals surface area contributed by atoms with Crippen LogP contribution in [0.15, 0.2) is 79.0 Å². The maximum Gasteiger partial charge on any atom is 0.407 e. The van der Waals surface area contributed by atoms with Gasteiger partial charge in [0.15, 0.2) is 0 Å². The third kappa shape index (κ3) is 8.47. The number of nitrogens with one attached hydrogen (secondary N) is 4. The van der Waals surface area contributed by atoms with Crippen LogP contribution < -0.4 is 10.6 Å². The van der Waals surface area contributed by atoms with Gasteiger partial charge in [0.05, 0.1) is 43.5 Å². The van der Waals surface area contributed by atoms with Crippen LogP contribution in [0.4, 0.5) is 9.59 Å². The molecule has 2 aliphatic rings. The van der Waals surface area contributed by atoms with Crippen LogP contribution in [0.5, 0.6) is 0 Å². The van der Waals surface area contributed by atoms with E-state index in [0.29, 0.717) is 30.2 Å². The molecule has 14 nitrogen and oxygen atoms in total. The summed E-state index contributed by atoms with van der Waals surface area (Å²) in [6, 6.07) is 21.0. The van der Waals surface area contributed by atoms with E-state index in [-0.39, 0.29) is 29.8 Å². The molecule has 0 bridgehead atoms. The average Bonchev–Trinajstić information content (AvgIpc) is 4.07. The number of nitrogens with zero attached hydrogens (tertiary/aromatic N) is 4. The Labute approximate surface area is 330 Å². The summed E-state index contributed by atoms with van der Waals surface area (Å²) in [5.41, 5.74) is 5.81. The number of benzene rings is 3. The number of hydrogen-bond donors (Lipinski definition) is 4. The maximum atomic E-state index is 13.8. The van der Waals surface area contributed by atoms with Gasteiger partial charge in [-0.1, -0.05) is 68.3 Å². The van der Waals surface area contributed by atoms with Crippen molar-refractivity contribution in [1.82, 2.24) is 40.4 Å². The second-order valence-electron chi connectivity index (χ2n) is 14.6. The van der Waals surface area contributed by atoms with Gasteiger partial charge in [-0.2, -0.15) is 0 Å². The number of alkyl carbamates (subject to hydrolysis) is 2. The first-order chi connectivity index (χ1) is 27.6. The van der Waals surface area contributed by atoms with Gasteiger partial charge in [0.1, 0.15) is 29.4 Å². The summed E-state index contributed by atoms with van der Waals surface area (Å²) in [7, 11) is 2.56. The highest BCUT2D eigenvalue weighted by Crippen LogP contribution is 2.35. The molecule has 2 aromatic heterocycles. The van der Waals surface area contributed by atoms with Crippen molar-refractivity contribution in [3.05, 3.63) is 107 Å². The van der Waals surface area contributed by atoms with Crippen molar-refractivity contribution in [1.29, 1.82) is 0 Å². The lowest BCUT2D eigenvalue weighted by Crippen LogP contribution is -2.51. The van der Waals surface area contributed by atoms with Gasteiger partial charge < -0.3 is 39.9 Å². The van der Waals surface area contributed by atoms with E-state index >= 15 is 0 Å². The Kier molecular flexibility index (Phi) is 11.5. The fourth-order valence-corrected chi connectivity index (χ4v) is 7.61. The third-order valence-electron chi connectivity index (χ3n) is 10.6. The molecule has 4 N–H and O–H groups in total. The zero-order valence-electron chi connectivity index (χ0n) is 32.4. The van der Waals surface area contributed by atoms with Crippen molar-refractivity contribution in [3.8, 4) is 23.0 Å². The van der Waals surface area contributed by atoms with Crippen molar-refractivity contribution in [3.63, 3.8) is 0 Å². The van der Waals surface area contributed by atoms with Gasteiger partial charge >= 0.3 is 12.2 Å². The van der Waals surface area contributed by atoms with E-state index in [9.17, 15) is 19.2 Å². The number of aromatic amines is 2. The molecule has 3 aromatic carbocycles. The lowest BCUT2D eigenvalue weighted by molar-refractivity contribution is -0.135. The van der Waals surface area contributed by atoms with Crippen LogP contribution in [-0.2, 0) is 19.1 Å². The summed E-state index contributed by atoms with van der Waals surface area (Å²) in [5.74, 6) is 7.25. The number of likely N-dealkylation sites (tertiary alicyclic amines) is 2. The van der Waals surface area contributed by atoms with Crippen LogP contribution in [0, 0.1) is 17.8 Å². The highest BCUT2D eigenvalue weighted by atomic mass is 16.5. The Morgan fingerprint density at radius 1 is 0.772 bits per heavy atom. The Morgan fingerprint density at radius 2 is 1.42 bits per heavy atom. The molecule has 2 aliphatic heterocycles. The number of hydrogen-bond acceptors (Lipinski definition) is 8. The zero-order valence-corrected chi connectivity index (χ0v) is 32.4. The number of methoxy groups -OCH3 is 2. The minimum absolute atomic E-state index is 0.113. The first-order valence-electron chi connectivity index (χ1n) is 19.2. The monoisotopic (exact) mass is 770 g/mol. The molecule has 0 aliphatic carbocycles. The van der Waals surface area contributed by atoms with E-state index in [4.69, 9.17) is 14.5 Å². The van der Waals surface area contributed by atoms with Crippen molar-refractivity contribution < 1.29 is 28.7 Å². The Hall–Kier alpha value is -6.62. The zero-order chi connectivity index (χ0) is 40.1. The molecular weight excluding hydrogens is 725 g/mol. The lowest BCUT2D eigenvalue weighted by Gasteiger charge is -2.29. The maximum absolute atomic E-state index is 13.8. The molecule has 14 heteroatoms. The molecule has 2 saturated heterocycles. The van der Waals surface area contributed by atoms with E-state index in [2.05, 4.69) is 43.5 Å². The normalized spacial score (nSPS) is 17.5. The van der Waals surface area contributed by atoms with Gasteiger partial charge in [0.2, 0.25) is 5.91 Å². The minimum Gasteiger partial charge on any atom is -0.453 e. The van der Waals surface area contributed by atoms with E-state index < -0.39 is 24.3 Å². The highest BCUT2D eigenvalue weighted by molar-refractivity contribution is 5.88. The van der Waals surface area contributed by atoms with Crippen LogP contribution in [0.25, 0.3) is 22.2 Å². The summed E-state index contributed by atoms with van der Waals surface area (Å²) >= 11 is 0. The fourth-order valence-electron chi connectivity index (χ4n) is 7.61. The highest BCUT2D eigenvalue weighted by Gasteiger charge is 2.38. The molecule has 2 fully saturated rings. The number of fused-ring (bicyclic) bond motifs is 1. The van der Waals surface area contributed by atoms with Gasteiger partial charge in [-0.25, -0.2) is 19.6 Å². The van der Waals surface area contributed by atoms with Crippen molar-refractivity contribution >= 4 is 35.0 Å². The molecule has 294 valence electrons.